The molecule has 1 amide bonds. The van der Waals surface area contributed by atoms with E-state index in [9.17, 15) is 14.7 Å². The number of amides is 1. The number of carbonyl (C=O) groups excluding carboxylic acids is 1. The van der Waals surface area contributed by atoms with E-state index in [4.69, 9.17) is 5.11 Å². The molecule has 1 aromatic carbocycles. The summed E-state index contributed by atoms with van der Waals surface area (Å²) in [5, 5.41) is 21.5. The molecule has 0 atom stereocenters. The molecule has 0 aliphatic rings. The molecule has 1 aromatic heterocycles. The van der Waals surface area contributed by atoms with Crippen molar-refractivity contribution in [2.45, 2.75) is 12.8 Å². The van der Waals surface area contributed by atoms with E-state index in [1.54, 1.807) is 18.2 Å². The number of H-pyrrole nitrogens is 1. The second-order valence-corrected chi connectivity index (χ2v) is 4.18. The molecule has 4 N–H and O–H groups in total. The van der Waals surface area contributed by atoms with Gasteiger partial charge in [-0.2, -0.15) is 0 Å². The first-order chi connectivity index (χ1) is 9.08. The lowest BCUT2D eigenvalue weighted by Gasteiger charge is -2.01. The monoisotopic (exact) mass is 262 g/mol. The summed E-state index contributed by atoms with van der Waals surface area (Å²) in [6, 6.07) is 6.65. The normalized spacial score (nSPS) is 10.5. The third-order valence-corrected chi connectivity index (χ3v) is 2.73. The molecule has 0 spiro atoms. The summed E-state index contributed by atoms with van der Waals surface area (Å²) in [6.07, 6.45) is 0.403. The number of rotatable bonds is 5. The smallest absolute Gasteiger partial charge is 0.303 e. The number of aromatic nitrogens is 1. The summed E-state index contributed by atoms with van der Waals surface area (Å²) in [5.41, 5.74) is 0.852. The molecule has 2 rings (SSSR count). The molecule has 6 heteroatoms. The van der Waals surface area contributed by atoms with Crippen LogP contribution in [0, 0.1) is 0 Å². The number of para-hydroxylation sites is 1. The number of fused-ring (bicyclic) bond motifs is 1. The lowest BCUT2D eigenvalue weighted by atomic mass is 10.2. The summed E-state index contributed by atoms with van der Waals surface area (Å²) >= 11 is 0. The Morgan fingerprint density at radius 3 is 2.79 bits per heavy atom. The molecule has 0 saturated heterocycles. The number of aromatic hydroxyl groups is 1. The molecule has 0 unspecified atom stereocenters. The van der Waals surface area contributed by atoms with Gasteiger partial charge in [0.2, 0.25) is 0 Å². The number of phenols is 1. The van der Waals surface area contributed by atoms with Gasteiger partial charge in [0, 0.05) is 18.4 Å². The lowest BCUT2D eigenvalue weighted by Crippen LogP contribution is -2.25. The number of hydrogen-bond acceptors (Lipinski definition) is 3. The van der Waals surface area contributed by atoms with Crippen LogP contribution < -0.4 is 5.32 Å². The van der Waals surface area contributed by atoms with Gasteiger partial charge in [0.25, 0.3) is 5.91 Å². The SMILES string of the molecule is O=C(O)CCCNC(=O)c1cc2cccc(O)c2[nH]1. The van der Waals surface area contributed by atoms with Crippen LogP contribution in [0.15, 0.2) is 24.3 Å². The number of benzene rings is 1. The number of nitrogens with one attached hydrogen (secondary N) is 2. The highest BCUT2D eigenvalue weighted by molar-refractivity contribution is 5.99. The predicted octanol–water partition coefficient (Wildman–Crippen LogP) is 1.47. The van der Waals surface area contributed by atoms with Crippen LogP contribution in [0.2, 0.25) is 0 Å². The van der Waals surface area contributed by atoms with Crippen molar-refractivity contribution in [3.8, 4) is 5.75 Å². The van der Waals surface area contributed by atoms with Crippen molar-refractivity contribution in [1.29, 1.82) is 0 Å². The first-order valence-corrected chi connectivity index (χ1v) is 5.88. The van der Waals surface area contributed by atoms with Crippen LogP contribution in [0.4, 0.5) is 0 Å². The van der Waals surface area contributed by atoms with Gasteiger partial charge in [-0.15, -0.1) is 0 Å². The van der Waals surface area contributed by atoms with Gasteiger partial charge in [-0.3, -0.25) is 9.59 Å². The molecule has 0 aliphatic heterocycles. The number of aliphatic carboxylic acids is 1. The van der Waals surface area contributed by atoms with Gasteiger partial charge in [0.15, 0.2) is 0 Å². The molecule has 0 radical (unpaired) electrons. The summed E-state index contributed by atoms with van der Waals surface area (Å²) in [5.74, 6) is -1.12. The minimum atomic E-state index is -0.884. The van der Waals surface area contributed by atoms with E-state index in [0.717, 1.165) is 5.39 Å². The van der Waals surface area contributed by atoms with Crippen molar-refractivity contribution in [1.82, 2.24) is 10.3 Å². The van der Waals surface area contributed by atoms with Crippen LogP contribution >= 0.6 is 0 Å². The molecule has 6 nitrogen and oxygen atoms in total. The Balaban J connectivity index is 2.01. The Bertz CT molecular complexity index is 618. The highest BCUT2D eigenvalue weighted by Gasteiger charge is 2.10. The molecule has 0 fully saturated rings. The topological polar surface area (TPSA) is 102 Å². The first-order valence-electron chi connectivity index (χ1n) is 5.88. The van der Waals surface area contributed by atoms with E-state index in [-0.39, 0.29) is 18.1 Å². The van der Waals surface area contributed by atoms with Crippen LogP contribution in [0.5, 0.6) is 5.75 Å². The Morgan fingerprint density at radius 1 is 1.32 bits per heavy atom. The molecule has 0 saturated carbocycles. The highest BCUT2D eigenvalue weighted by atomic mass is 16.4. The fourth-order valence-corrected chi connectivity index (χ4v) is 1.80. The van der Waals surface area contributed by atoms with E-state index in [0.29, 0.717) is 24.2 Å². The summed E-state index contributed by atoms with van der Waals surface area (Å²) in [4.78, 5) is 25.0. The van der Waals surface area contributed by atoms with E-state index >= 15 is 0 Å². The number of phenolic OH excluding ortho intramolecular Hbond substituents is 1. The quantitative estimate of drug-likeness (QED) is 0.613. The van der Waals surface area contributed by atoms with E-state index in [2.05, 4.69) is 10.3 Å². The summed E-state index contributed by atoms with van der Waals surface area (Å²) in [6.45, 7) is 0.298. The van der Waals surface area contributed by atoms with Crippen molar-refractivity contribution in [3.63, 3.8) is 0 Å². The fourth-order valence-electron chi connectivity index (χ4n) is 1.80. The van der Waals surface area contributed by atoms with Gasteiger partial charge in [-0.25, -0.2) is 0 Å². The van der Waals surface area contributed by atoms with Crippen LogP contribution in [-0.2, 0) is 4.79 Å². The minimum Gasteiger partial charge on any atom is -0.506 e. The number of carboxylic acid groups (broad SMARTS) is 1. The van der Waals surface area contributed by atoms with Crippen molar-refractivity contribution < 1.29 is 19.8 Å². The van der Waals surface area contributed by atoms with Gasteiger partial charge in [0.1, 0.15) is 11.4 Å². The van der Waals surface area contributed by atoms with Crippen molar-refractivity contribution >= 4 is 22.8 Å². The maximum Gasteiger partial charge on any atom is 0.303 e. The second-order valence-electron chi connectivity index (χ2n) is 4.18. The first kappa shape index (κ1) is 12.9. The minimum absolute atomic E-state index is 0.0216. The van der Waals surface area contributed by atoms with Gasteiger partial charge >= 0.3 is 5.97 Å². The van der Waals surface area contributed by atoms with Crippen LogP contribution in [0.1, 0.15) is 23.3 Å². The number of carboxylic acids is 1. The van der Waals surface area contributed by atoms with Crippen LogP contribution in [0.3, 0.4) is 0 Å². The highest BCUT2D eigenvalue weighted by Crippen LogP contribution is 2.24. The molecule has 19 heavy (non-hydrogen) atoms. The van der Waals surface area contributed by atoms with E-state index in [1.807, 2.05) is 0 Å². The molecule has 0 bridgehead atoms. The van der Waals surface area contributed by atoms with Crippen LogP contribution in [-0.4, -0.2) is 33.6 Å². The average molecular weight is 262 g/mol. The molecule has 100 valence electrons. The zero-order valence-electron chi connectivity index (χ0n) is 10.1. The van der Waals surface area contributed by atoms with Crippen molar-refractivity contribution in [2.24, 2.45) is 0 Å². The Labute approximate surface area is 109 Å². The Hall–Kier alpha value is -2.50. The standard InChI is InChI=1S/C13H14N2O4/c16-10-4-1-3-8-7-9(15-12(8)10)13(19)14-6-2-5-11(17)18/h1,3-4,7,15-16H,2,5-6H2,(H,14,19)(H,17,18). The zero-order chi connectivity index (χ0) is 13.8. The number of hydrogen-bond donors (Lipinski definition) is 4. The van der Waals surface area contributed by atoms with Crippen molar-refractivity contribution in [2.75, 3.05) is 6.54 Å². The predicted molar refractivity (Wildman–Crippen MR) is 69.2 cm³/mol. The molecule has 0 aliphatic carbocycles. The summed E-state index contributed by atoms with van der Waals surface area (Å²) in [7, 11) is 0. The second kappa shape index (κ2) is 5.43. The Morgan fingerprint density at radius 2 is 2.11 bits per heavy atom. The number of carbonyl (C=O) groups is 2. The maximum atomic E-state index is 11.8. The van der Waals surface area contributed by atoms with Gasteiger partial charge < -0.3 is 20.5 Å². The zero-order valence-corrected chi connectivity index (χ0v) is 10.1. The van der Waals surface area contributed by atoms with Gasteiger partial charge in [-0.1, -0.05) is 12.1 Å². The molecule has 1 heterocycles. The maximum absolute atomic E-state index is 11.8. The Kier molecular flexibility index (Phi) is 3.70. The number of aromatic amines is 1. The summed E-state index contributed by atoms with van der Waals surface area (Å²) < 4.78 is 0. The van der Waals surface area contributed by atoms with Crippen LogP contribution in [0.25, 0.3) is 10.9 Å². The third-order valence-electron chi connectivity index (χ3n) is 2.73. The van der Waals surface area contributed by atoms with Gasteiger partial charge in [-0.05, 0) is 18.6 Å². The van der Waals surface area contributed by atoms with E-state index in [1.165, 1.54) is 6.07 Å². The average Bonchev–Trinajstić information content (AvgIpc) is 2.79. The van der Waals surface area contributed by atoms with E-state index < -0.39 is 5.97 Å². The third kappa shape index (κ3) is 3.04. The largest absolute Gasteiger partial charge is 0.506 e. The van der Waals surface area contributed by atoms with Crippen molar-refractivity contribution in [3.05, 3.63) is 30.0 Å². The molecular formula is C13H14N2O4. The van der Waals surface area contributed by atoms with Gasteiger partial charge in [0.05, 0.1) is 5.52 Å². The fraction of sp³-hybridized carbons (Fsp3) is 0.231. The lowest BCUT2D eigenvalue weighted by molar-refractivity contribution is -0.137. The molecule has 2 aromatic rings. The molecular weight excluding hydrogens is 248 g/mol.